The number of Topliss-reactive ketones (excluding diaryl/α,β-unsaturated/α-hetero) is 1. The van der Waals surface area contributed by atoms with Gasteiger partial charge in [-0.25, -0.2) is 8.78 Å². The molecule has 0 atom stereocenters. The molecule has 16 heavy (non-hydrogen) atoms. The zero-order valence-electron chi connectivity index (χ0n) is 8.37. The van der Waals surface area contributed by atoms with Gasteiger partial charge >= 0.3 is 0 Å². The van der Waals surface area contributed by atoms with Crippen LogP contribution in [0.1, 0.15) is 16.8 Å². The highest BCUT2D eigenvalue weighted by Gasteiger charge is 2.41. The minimum absolute atomic E-state index is 0.0338. The molecule has 1 aliphatic rings. The third kappa shape index (κ3) is 1.62. The fourth-order valence-electron chi connectivity index (χ4n) is 1.67. The van der Waals surface area contributed by atoms with Crippen molar-refractivity contribution >= 4 is 5.78 Å². The molecular formula is C11H10F2O3. The molecule has 2 rings (SSSR count). The minimum atomic E-state index is -1.72. The van der Waals surface area contributed by atoms with E-state index in [0.717, 1.165) is 0 Å². The fraction of sp³-hybridized carbons (Fsp3) is 0.364. The Morgan fingerprint density at radius 1 is 1.38 bits per heavy atom. The molecule has 0 unspecified atom stereocenters. The normalized spacial score (nSPS) is 17.8. The Morgan fingerprint density at radius 3 is 2.69 bits per heavy atom. The monoisotopic (exact) mass is 228 g/mol. The van der Waals surface area contributed by atoms with Crippen LogP contribution in [0.2, 0.25) is 0 Å². The van der Waals surface area contributed by atoms with Crippen LogP contribution in [0.15, 0.2) is 18.2 Å². The molecule has 1 aliphatic heterocycles. The van der Waals surface area contributed by atoms with Gasteiger partial charge in [-0.05, 0) is 12.1 Å². The molecule has 0 amide bonds. The van der Waals surface area contributed by atoms with Gasteiger partial charge in [0.15, 0.2) is 11.4 Å². The van der Waals surface area contributed by atoms with Crippen molar-refractivity contribution in [2.24, 2.45) is 0 Å². The number of hydrogen-bond acceptors (Lipinski definition) is 3. The lowest BCUT2D eigenvalue weighted by Crippen LogP contribution is -2.46. The molecule has 0 radical (unpaired) electrons. The van der Waals surface area contributed by atoms with Crippen LogP contribution < -0.4 is 4.74 Å². The maximum atomic E-state index is 12.7. The van der Waals surface area contributed by atoms with Crippen molar-refractivity contribution in [1.29, 1.82) is 0 Å². The third-order valence-electron chi connectivity index (χ3n) is 2.56. The van der Waals surface area contributed by atoms with Crippen LogP contribution in [-0.2, 0) is 0 Å². The Labute approximate surface area is 90.7 Å². The van der Waals surface area contributed by atoms with E-state index in [1.54, 1.807) is 0 Å². The summed E-state index contributed by atoms with van der Waals surface area (Å²) in [6.07, 6.45) is -0.322. The number of benzene rings is 1. The van der Waals surface area contributed by atoms with Gasteiger partial charge in [-0.1, -0.05) is 0 Å². The highest BCUT2D eigenvalue weighted by molar-refractivity contribution is 6.00. The number of carbonyl (C=O) groups excluding carboxylic acids is 1. The first-order valence-corrected chi connectivity index (χ1v) is 4.77. The van der Waals surface area contributed by atoms with Crippen LogP contribution in [-0.4, -0.2) is 29.8 Å². The predicted molar refractivity (Wildman–Crippen MR) is 52.4 cm³/mol. The lowest BCUT2D eigenvalue weighted by molar-refractivity contribution is 0.00418. The summed E-state index contributed by atoms with van der Waals surface area (Å²) in [6.45, 7) is -2.16. The Kier molecular flexibility index (Phi) is 2.53. The molecule has 0 spiro atoms. The lowest BCUT2D eigenvalue weighted by Gasteiger charge is -2.33. The zero-order valence-corrected chi connectivity index (χ0v) is 8.37. The summed E-state index contributed by atoms with van der Waals surface area (Å²) < 4.78 is 30.6. The molecular weight excluding hydrogens is 218 g/mol. The average Bonchev–Trinajstić information content (AvgIpc) is 2.28. The number of fused-ring (bicyclic) bond motifs is 1. The topological polar surface area (TPSA) is 46.5 Å². The van der Waals surface area contributed by atoms with Gasteiger partial charge in [0, 0.05) is 6.07 Å². The van der Waals surface area contributed by atoms with Crippen molar-refractivity contribution in [2.45, 2.75) is 12.0 Å². The van der Waals surface area contributed by atoms with E-state index in [9.17, 15) is 18.7 Å². The second-order valence-electron chi connectivity index (χ2n) is 3.83. The van der Waals surface area contributed by atoms with Gasteiger partial charge in [-0.3, -0.25) is 4.79 Å². The highest BCUT2D eigenvalue weighted by atomic mass is 19.1. The lowest BCUT2D eigenvalue weighted by atomic mass is 9.92. The van der Waals surface area contributed by atoms with Gasteiger partial charge in [0.25, 0.3) is 0 Å². The van der Waals surface area contributed by atoms with Crippen LogP contribution in [0.5, 0.6) is 11.5 Å². The Morgan fingerprint density at radius 2 is 2.06 bits per heavy atom. The zero-order chi connectivity index (χ0) is 11.8. The number of halogens is 2. The molecule has 1 aromatic carbocycles. The van der Waals surface area contributed by atoms with Gasteiger partial charge in [0.1, 0.15) is 24.8 Å². The summed E-state index contributed by atoms with van der Waals surface area (Å²) in [6, 6.07) is 3.90. The fourth-order valence-corrected chi connectivity index (χ4v) is 1.67. The van der Waals surface area contributed by atoms with E-state index in [1.165, 1.54) is 18.2 Å². The standard InChI is InChI=1S/C11H10F2O3/c12-5-11(6-13)4-9(15)8-2-1-7(14)3-10(8)16-11/h1-3,14H,4-6H2. The van der Waals surface area contributed by atoms with Gasteiger partial charge in [-0.2, -0.15) is 0 Å². The van der Waals surface area contributed by atoms with E-state index in [4.69, 9.17) is 4.74 Å². The summed E-state index contributed by atoms with van der Waals surface area (Å²) in [5.41, 5.74) is -1.48. The maximum absolute atomic E-state index is 12.7. The first-order chi connectivity index (χ1) is 7.60. The van der Waals surface area contributed by atoms with Crippen LogP contribution in [0.25, 0.3) is 0 Å². The van der Waals surface area contributed by atoms with Crippen molar-refractivity contribution in [3.05, 3.63) is 23.8 Å². The second kappa shape index (κ2) is 3.73. The molecule has 5 heteroatoms. The van der Waals surface area contributed by atoms with Crippen molar-refractivity contribution in [3.8, 4) is 11.5 Å². The average molecular weight is 228 g/mol. The highest BCUT2D eigenvalue weighted by Crippen LogP contribution is 2.36. The summed E-state index contributed by atoms with van der Waals surface area (Å²) in [5, 5.41) is 9.21. The Hall–Kier alpha value is -1.65. The first kappa shape index (κ1) is 10.9. The molecule has 0 saturated heterocycles. The van der Waals surface area contributed by atoms with Crippen molar-refractivity contribution < 1.29 is 23.4 Å². The van der Waals surface area contributed by atoms with E-state index in [0.29, 0.717) is 0 Å². The second-order valence-corrected chi connectivity index (χ2v) is 3.83. The number of ketones is 1. The molecule has 3 nitrogen and oxygen atoms in total. The van der Waals surface area contributed by atoms with E-state index >= 15 is 0 Å². The van der Waals surface area contributed by atoms with E-state index in [1.807, 2.05) is 0 Å². The number of phenolic OH excluding ortho intramolecular Hbond substituents is 1. The summed E-state index contributed by atoms with van der Waals surface area (Å²) in [4.78, 5) is 11.6. The summed E-state index contributed by atoms with van der Waals surface area (Å²) in [5.74, 6) is -0.455. The predicted octanol–water partition coefficient (Wildman–Crippen LogP) is 2.04. The van der Waals surface area contributed by atoms with E-state index in [2.05, 4.69) is 0 Å². The third-order valence-corrected chi connectivity index (χ3v) is 2.56. The SMILES string of the molecule is O=C1CC(CF)(CF)Oc2cc(O)ccc21. The largest absolute Gasteiger partial charge is 0.508 e. The molecule has 1 N–H and O–H groups in total. The minimum Gasteiger partial charge on any atom is -0.508 e. The molecule has 0 aromatic heterocycles. The van der Waals surface area contributed by atoms with E-state index in [-0.39, 0.29) is 29.3 Å². The molecule has 86 valence electrons. The van der Waals surface area contributed by atoms with Gasteiger partial charge in [0.05, 0.1) is 12.0 Å². The maximum Gasteiger partial charge on any atom is 0.172 e. The summed E-state index contributed by atoms with van der Waals surface area (Å²) >= 11 is 0. The number of ether oxygens (including phenoxy) is 1. The van der Waals surface area contributed by atoms with Gasteiger partial charge in [0.2, 0.25) is 0 Å². The molecule has 0 fully saturated rings. The van der Waals surface area contributed by atoms with Gasteiger partial charge < -0.3 is 9.84 Å². The molecule has 1 aromatic rings. The van der Waals surface area contributed by atoms with Crippen molar-refractivity contribution in [1.82, 2.24) is 0 Å². The quantitative estimate of drug-likeness (QED) is 0.842. The molecule has 0 aliphatic carbocycles. The molecule has 0 saturated carbocycles. The van der Waals surface area contributed by atoms with Crippen molar-refractivity contribution in [3.63, 3.8) is 0 Å². The number of rotatable bonds is 2. The van der Waals surface area contributed by atoms with Crippen LogP contribution in [0.4, 0.5) is 8.78 Å². The smallest absolute Gasteiger partial charge is 0.172 e. The number of carbonyl (C=O) groups is 1. The van der Waals surface area contributed by atoms with Crippen LogP contribution >= 0.6 is 0 Å². The van der Waals surface area contributed by atoms with Crippen LogP contribution in [0.3, 0.4) is 0 Å². The Balaban J connectivity index is 2.45. The summed E-state index contributed by atoms with van der Waals surface area (Å²) in [7, 11) is 0. The van der Waals surface area contributed by atoms with E-state index < -0.39 is 19.0 Å². The number of alkyl halides is 2. The molecule has 1 heterocycles. The number of aromatic hydroxyl groups is 1. The number of phenols is 1. The van der Waals surface area contributed by atoms with Gasteiger partial charge in [-0.15, -0.1) is 0 Å². The first-order valence-electron chi connectivity index (χ1n) is 4.77. The van der Waals surface area contributed by atoms with Crippen LogP contribution in [0, 0.1) is 0 Å². The molecule has 0 bridgehead atoms. The number of hydrogen-bond donors (Lipinski definition) is 1. The Bertz CT molecular complexity index is 427. The van der Waals surface area contributed by atoms with Crippen molar-refractivity contribution in [2.75, 3.05) is 13.3 Å².